The van der Waals surface area contributed by atoms with Crippen molar-refractivity contribution in [1.82, 2.24) is 0 Å². The van der Waals surface area contributed by atoms with Crippen molar-refractivity contribution in [1.29, 1.82) is 0 Å². The average molecular weight is 216 g/mol. The summed E-state index contributed by atoms with van der Waals surface area (Å²) >= 11 is 0. The van der Waals surface area contributed by atoms with Gasteiger partial charge in [0.2, 0.25) is 0 Å². The van der Waals surface area contributed by atoms with Crippen LogP contribution in [0.5, 0.6) is 0 Å². The number of rotatable bonds is 7. The number of carbonyl (C=O) groups is 1. The van der Waals surface area contributed by atoms with Crippen LogP contribution in [0.4, 0.5) is 0 Å². The van der Waals surface area contributed by atoms with Gasteiger partial charge in [0, 0.05) is 0 Å². The molecule has 0 aromatic rings. The predicted octanol–water partition coefficient (Wildman–Crippen LogP) is 2.36. The Morgan fingerprint density at radius 1 is 1.20 bits per heavy atom. The molecule has 0 bridgehead atoms. The molecule has 0 aliphatic rings. The van der Waals surface area contributed by atoms with E-state index in [1.807, 2.05) is 0 Å². The fraction of sp³-hybridized carbons (Fsp3) is 0.917. The van der Waals surface area contributed by atoms with Gasteiger partial charge < -0.3 is 9.59 Å². The average Bonchev–Trinajstić information content (AvgIpc) is 2.11. The molecule has 1 atom stereocenters. The molecule has 3 heteroatoms. The van der Waals surface area contributed by atoms with Gasteiger partial charge in [-0.1, -0.05) is 13.8 Å². The number of hydrogen-bond donors (Lipinski definition) is 1. The van der Waals surface area contributed by atoms with Crippen LogP contribution in [0.25, 0.3) is 0 Å². The van der Waals surface area contributed by atoms with Gasteiger partial charge in [0.1, 0.15) is 0 Å². The Morgan fingerprint density at radius 3 is 2.07 bits per heavy atom. The summed E-state index contributed by atoms with van der Waals surface area (Å²) in [6.07, 6.45) is 1.43. The predicted molar refractivity (Wildman–Crippen MR) is 62.8 cm³/mol. The first-order valence-electron chi connectivity index (χ1n) is 5.84. The summed E-state index contributed by atoms with van der Waals surface area (Å²) in [6, 6.07) is 0.489. The lowest BCUT2D eigenvalue weighted by Crippen LogP contribution is -2.51. The Hall–Kier alpha value is -0.570. The zero-order chi connectivity index (χ0) is 12.1. The summed E-state index contributed by atoms with van der Waals surface area (Å²) in [5.41, 5.74) is 0. The molecule has 0 aliphatic carbocycles. The van der Waals surface area contributed by atoms with Crippen molar-refractivity contribution in [3.8, 4) is 0 Å². The van der Waals surface area contributed by atoms with E-state index in [4.69, 9.17) is 5.11 Å². The lowest BCUT2D eigenvalue weighted by atomic mass is 10.1. The molecule has 0 heterocycles. The summed E-state index contributed by atoms with van der Waals surface area (Å²) in [4.78, 5) is 10.6. The second kappa shape index (κ2) is 6.11. The van der Waals surface area contributed by atoms with E-state index in [9.17, 15) is 4.79 Å². The molecule has 3 nitrogen and oxygen atoms in total. The van der Waals surface area contributed by atoms with Gasteiger partial charge >= 0.3 is 5.97 Å². The lowest BCUT2D eigenvalue weighted by Gasteiger charge is -2.38. The molecule has 15 heavy (non-hydrogen) atoms. The molecule has 0 fully saturated rings. The minimum Gasteiger partial charge on any atom is -0.481 e. The highest BCUT2D eigenvalue weighted by Gasteiger charge is 2.26. The Kier molecular flexibility index (Phi) is 5.88. The quantitative estimate of drug-likeness (QED) is 0.663. The zero-order valence-corrected chi connectivity index (χ0v) is 10.8. The van der Waals surface area contributed by atoms with Crippen LogP contribution in [-0.2, 0) is 4.79 Å². The fourth-order valence-electron chi connectivity index (χ4n) is 1.53. The molecule has 0 saturated carbocycles. The van der Waals surface area contributed by atoms with Gasteiger partial charge in [0.15, 0.2) is 0 Å². The number of carboxylic acid groups (broad SMARTS) is 1. The molecule has 0 amide bonds. The van der Waals surface area contributed by atoms with Gasteiger partial charge in [-0.2, -0.15) is 0 Å². The molecule has 0 rings (SSSR count). The van der Waals surface area contributed by atoms with E-state index < -0.39 is 5.97 Å². The van der Waals surface area contributed by atoms with Gasteiger partial charge in [-0.3, -0.25) is 4.79 Å². The minimum absolute atomic E-state index is 0.271. The Labute approximate surface area is 93.7 Å². The lowest BCUT2D eigenvalue weighted by molar-refractivity contribution is -0.929. The number of quaternary nitrogens is 1. The standard InChI is InChI=1S/C12H25NO2/c1-10(2)6-8-13(5,11(3)4)9-7-12(14)15/h10-11H,6-9H2,1-5H3/p+1. The molecule has 0 saturated heterocycles. The van der Waals surface area contributed by atoms with Gasteiger partial charge in [-0.15, -0.1) is 0 Å². The first kappa shape index (κ1) is 14.4. The van der Waals surface area contributed by atoms with Crippen LogP contribution in [0.3, 0.4) is 0 Å². The van der Waals surface area contributed by atoms with Crippen molar-refractivity contribution >= 4 is 5.97 Å². The first-order chi connectivity index (χ1) is 6.78. The summed E-state index contributed by atoms with van der Waals surface area (Å²) in [6.45, 7) is 10.6. The number of carboxylic acids is 1. The number of nitrogens with zero attached hydrogens (tertiary/aromatic N) is 1. The Morgan fingerprint density at radius 2 is 1.73 bits per heavy atom. The second-order valence-corrected chi connectivity index (χ2v) is 5.35. The normalized spacial score (nSPS) is 15.7. The molecular formula is C12H26NO2+. The van der Waals surface area contributed by atoms with Crippen molar-refractivity contribution < 1.29 is 14.4 Å². The van der Waals surface area contributed by atoms with Crippen LogP contribution in [-0.4, -0.2) is 41.7 Å². The summed E-state index contributed by atoms with van der Waals surface area (Å²) < 4.78 is 0.866. The zero-order valence-electron chi connectivity index (χ0n) is 10.8. The third-order valence-corrected chi connectivity index (χ3v) is 3.30. The topological polar surface area (TPSA) is 37.3 Å². The molecule has 0 aliphatic heterocycles. The summed E-state index contributed by atoms with van der Waals surface area (Å²) in [5.74, 6) is -0.00410. The van der Waals surface area contributed by atoms with E-state index in [1.54, 1.807) is 0 Å². The van der Waals surface area contributed by atoms with E-state index in [0.29, 0.717) is 12.0 Å². The van der Waals surface area contributed by atoms with Crippen LogP contribution >= 0.6 is 0 Å². The maximum atomic E-state index is 10.6. The Bertz CT molecular complexity index is 202. The van der Waals surface area contributed by atoms with Crippen LogP contribution in [0.15, 0.2) is 0 Å². The third-order valence-electron chi connectivity index (χ3n) is 3.30. The highest BCUT2D eigenvalue weighted by Crippen LogP contribution is 2.15. The molecule has 0 aromatic heterocycles. The third kappa shape index (κ3) is 5.78. The van der Waals surface area contributed by atoms with E-state index in [2.05, 4.69) is 34.7 Å². The molecule has 1 unspecified atom stereocenters. The molecule has 0 aromatic carbocycles. The van der Waals surface area contributed by atoms with Gasteiger partial charge in [-0.05, 0) is 26.2 Å². The van der Waals surface area contributed by atoms with E-state index >= 15 is 0 Å². The highest BCUT2D eigenvalue weighted by atomic mass is 16.4. The highest BCUT2D eigenvalue weighted by molar-refractivity contribution is 5.66. The number of aliphatic carboxylic acids is 1. The molecular weight excluding hydrogens is 190 g/mol. The largest absolute Gasteiger partial charge is 0.481 e. The van der Waals surface area contributed by atoms with Crippen molar-refractivity contribution in [2.75, 3.05) is 20.1 Å². The Balaban J connectivity index is 4.25. The van der Waals surface area contributed by atoms with Crippen molar-refractivity contribution in [2.45, 2.75) is 46.6 Å². The molecule has 0 spiro atoms. The van der Waals surface area contributed by atoms with Crippen molar-refractivity contribution in [3.05, 3.63) is 0 Å². The van der Waals surface area contributed by atoms with Gasteiger partial charge in [0.05, 0.1) is 32.6 Å². The van der Waals surface area contributed by atoms with Crippen LogP contribution in [0.2, 0.25) is 0 Å². The van der Waals surface area contributed by atoms with Crippen molar-refractivity contribution in [3.63, 3.8) is 0 Å². The first-order valence-corrected chi connectivity index (χ1v) is 5.84. The van der Waals surface area contributed by atoms with Crippen LogP contribution in [0, 0.1) is 5.92 Å². The van der Waals surface area contributed by atoms with E-state index in [0.717, 1.165) is 24.0 Å². The number of hydrogen-bond acceptors (Lipinski definition) is 1. The van der Waals surface area contributed by atoms with Gasteiger partial charge in [-0.25, -0.2) is 0 Å². The molecule has 1 N–H and O–H groups in total. The van der Waals surface area contributed by atoms with E-state index in [-0.39, 0.29) is 6.42 Å². The van der Waals surface area contributed by atoms with Crippen LogP contribution < -0.4 is 0 Å². The SMILES string of the molecule is CC(C)CC[N+](C)(CCC(=O)O)C(C)C. The molecule has 90 valence electrons. The summed E-state index contributed by atoms with van der Waals surface area (Å²) in [5, 5.41) is 8.73. The van der Waals surface area contributed by atoms with Crippen LogP contribution in [0.1, 0.15) is 40.5 Å². The molecule has 0 radical (unpaired) electrons. The fourth-order valence-corrected chi connectivity index (χ4v) is 1.53. The monoisotopic (exact) mass is 216 g/mol. The smallest absolute Gasteiger partial charge is 0.309 e. The maximum Gasteiger partial charge on any atom is 0.309 e. The van der Waals surface area contributed by atoms with E-state index in [1.165, 1.54) is 0 Å². The van der Waals surface area contributed by atoms with Crippen molar-refractivity contribution in [2.24, 2.45) is 5.92 Å². The second-order valence-electron chi connectivity index (χ2n) is 5.35. The minimum atomic E-state index is -0.690. The maximum absolute atomic E-state index is 10.6. The van der Waals surface area contributed by atoms with Gasteiger partial charge in [0.25, 0.3) is 0 Å². The summed E-state index contributed by atoms with van der Waals surface area (Å²) in [7, 11) is 2.16.